The number of carbonyl (C=O) groups is 1. The van der Waals surface area contributed by atoms with Crippen molar-refractivity contribution >= 4 is 5.78 Å². The summed E-state index contributed by atoms with van der Waals surface area (Å²) < 4.78 is 0. The lowest BCUT2D eigenvalue weighted by molar-refractivity contribution is -0.608. The first kappa shape index (κ1) is 9.33. The third-order valence-corrected chi connectivity index (χ3v) is 1.04. The van der Waals surface area contributed by atoms with E-state index < -0.39 is 0 Å². The maximum atomic E-state index is 10.5. The van der Waals surface area contributed by atoms with Crippen LogP contribution in [0.2, 0.25) is 0 Å². The molecule has 0 aliphatic carbocycles. The van der Waals surface area contributed by atoms with Gasteiger partial charge in [0, 0.05) is 0 Å². The van der Waals surface area contributed by atoms with Crippen molar-refractivity contribution in [2.24, 2.45) is 0 Å². The van der Waals surface area contributed by atoms with E-state index in [0.717, 1.165) is 5.70 Å². The molecule has 0 spiro atoms. The first-order chi connectivity index (χ1) is 4.66. The van der Waals surface area contributed by atoms with E-state index in [0.29, 0.717) is 13.0 Å². The van der Waals surface area contributed by atoms with Gasteiger partial charge in [-0.3, -0.25) is 4.79 Å². The highest BCUT2D eigenvalue weighted by Gasteiger charge is 2.00. The van der Waals surface area contributed by atoms with Gasteiger partial charge in [0.15, 0.2) is 0 Å². The molecule has 0 amide bonds. The number of rotatable bonds is 5. The van der Waals surface area contributed by atoms with Crippen LogP contribution in [0, 0.1) is 0 Å². The lowest BCUT2D eigenvalue weighted by atomic mass is 10.2. The van der Waals surface area contributed by atoms with Crippen molar-refractivity contribution in [1.82, 2.24) is 0 Å². The van der Waals surface area contributed by atoms with Crippen molar-refractivity contribution < 1.29 is 15.2 Å². The minimum absolute atomic E-state index is 0.110. The largest absolute Gasteiger partial charge is 0.391 e. The minimum Gasteiger partial charge on any atom is -0.391 e. The lowest BCUT2D eigenvalue weighted by Gasteiger charge is -1.98. The molecule has 0 atom stereocenters. The van der Waals surface area contributed by atoms with E-state index in [1.807, 2.05) is 0 Å². The number of Topliss-reactive ketones (excluding diaryl/α,β-unsaturated/α-hetero) is 1. The van der Waals surface area contributed by atoms with Crippen molar-refractivity contribution in [2.75, 3.05) is 13.2 Å². The zero-order valence-electron chi connectivity index (χ0n) is 6.26. The smallest absolute Gasteiger partial charge is 0.139 e. The second-order valence-corrected chi connectivity index (χ2v) is 2.25. The summed E-state index contributed by atoms with van der Waals surface area (Å²) in [6.45, 7) is 5.88. The molecule has 3 nitrogen and oxygen atoms in total. The van der Waals surface area contributed by atoms with Crippen molar-refractivity contribution in [3.8, 4) is 0 Å². The topological polar surface area (TPSA) is 53.9 Å². The van der Waals surface area contributed by atoms with Gasteiger partial charge in [-0.15, -0.1) is 0 Å². The molecule has 0 saturated heterocycles. The zero-order valence-corrected chi connectivity index (χ0v) is 6.26. The molecule has 0 radical (unpaired) electrons. The summed E-state index contributed by atoms with van der Waals surface area (Å²) in [7, 11) is 0. The summed E-state index contributed by atoms with van der Waals surface area (Å²) >= 11 is 0. The predicted molar refractivity (Wildman–Crippen MR) is 38.3 cm³/mol. The van der Waals surface area contributed by atoms with Crippen LogP contribution >= 0.6 is 0 Å². The van der Waals surface area contributed by atoms with Gasteiger partial charge < -0.3 is 10.4 Å². The molecule has 0 bridgehead atoms. The number of carbonyl (C=O) groups excluding carboxylic acids is 1. The average molecular weight is 144 g/mol. The van der Waals surface area contributed by atoms with E-state index in [1.54, 1.807) is 5.32 Å². The van der Waals surface area contributed by atoms with E-state index in [1.165, 1.54) is 6.92 Å². The molecule has 0 unspecified atom stereocenters. The highest BCUT2D eigenvalue weighted by Crippen LogP contribution is 1.85. The SMILES string of the molecule is C=C(CC(C)=O)[NH2+]CCO. The molecule has 0 heterocycles. The highest BCUT2D eigenvalue weighted by atomic mass is 16.3. The van der Waals surface area contributed by atoms with E-state index in [9.17, 15) is 4.79 Å². The molecule has 0 saturated carbocycles. The summed E-state index contributed by atoms with van der Waals surface area (Å²) in [4.78, 5) is 10.5. The summed E-state index contributed by atoms with van der Waals surface area (Å²) in [5.41, 5.74) is 0.793. The molecular formula is C7H14NO2+. The monoisotopic (exact) mass is 144 g/mol. The second kappa shape index (κ2) is 5.14. The van der Waals surface area contributed by atoms with Gasteiger partial charge in [-0.25, -0.2) is 0 Å². The highest BCUT2D eigenvalue weighted by molar-refractivity contribution is 5.77. The standard InChI is InChI=1S/C7H13NO2/c1-6(5-7(2)10)8-3-4-9/h8-9H,1,3-5H2,2H3/p+1. The predicted octanol–water partition coefficient (Wildman–Crippen LogP) is -0.965. The number of nitrogens with two attached hydrogens (primary N) is 1. The number of ketones is 1. The Morgan fingerprint density at radius 1 is 1.70 bits per heavy atom. The fraction of sp³-hybridized carbons (Fsp3) is 0.571. The third kappa shape index (κ3) is 5.47. The quantitative estimate of drug-likeness (QED) is 0.522. The molecule has 0 aromatic carbocycles. The molecule has 0 aliphatic rings. The molecule has 0 aromatic rings. The van der Waals surface area contributed by atoms with Crippen LogP contribution in [-0.2, 0) is 4.79 Å². The number of hydrogen-bond acceptors (Lipinski definition) is 2. The Morgan fingerprint density at radius 2 is 2.30 bits per heavy atom. The average Bonchev–Trinajstić information content (AvgIpc) is 1.82. The van der Waals surface area contributed by atoms with Crippen molar-refractivity contribution in [1.29, 1.82) is 0 Å². The third-order valence-electron chi connectivity index (χ3n) is 1.04. The molecule has 3 N–H and O–H groups in total. The van der Waals surface area contributed by atoms with E-state index in [4.69, 9.17) is 5.11 Å². The first-order valence-corrected chi connectivity index (χ1v) is 3.28. The van der Waals surface area contributed by atoms with Crippen LogP contribution in [0.4, 0.5) is 0 Å². The zero-order chi connectivity index (χ0) is 7.98. The van der Waals surface area contributed by atoms with Gasteiger partial charge in [0.2, 0.25) is 0 Å². The van der Waals surface area contributed by atoms with Crippen LogP contribution in [-0.4, -0.2) is 24.0 Å². The summed E-state index contributed by atoms with van der Waals surface area (Å²) in [6.07, 6.45) is 0.403. The normalized spacial score (nSPS) is 9.40. The molecular weight excluding hydrogens is 130 g/mol. The first-order valence-electron chi connectivity index (χ1n) is 3.28. The van der Waals surface area contributed by atoms with E-state index in [-0.39, 0.29) is 12.4 Å². The fourth-order valence-electron chi connectivity index (χ4n) is 0.661. The molecule has 0 aliphatic heterocycles. The van der Waals surface area contributed by atoms with Gasteiger partial charge in [0.25, 0.3) is 0 Å². The van der Waals surface area contributed by atoms with Crippen molar-refractivity contribution in [2.45, 2.75) is 13.3 Å². The van der Waals surface area contributed by atoms with Crippen LogP contribution in [0.15, 0.2) is 12.3 Å². The number of quaternary nitrogens is 1. The summed E-state index contributed by atoms with van der Waals surface area (Å²) in [6, 6.07) is 0. The molecule has 0 fully saturated rings. The number of hydrogen-bond donors (Lipinski definition) is 2. The van der Waals surface area contributed by atoms with Crippen molar-refractivity contribution in [3.05, 3.63) is 12.3 Å². The molecule has 0 aromatic heterocycles. The molecule has 3 heteroatoms. The van der Waals surface area contributed by atoms with Crippen LogP contribution in [0.3, 0.4) is 0 Å². The fourth-order valence-corrected chi connectivity index (χ4v) is 0.661. The summed E-state index contributed by atoms with van der Waals surface area (Å²) in [5.74, 6) is 0.110. The number of aliphatic hydroxyl groups is 1. The maximum Gasteiger partial charge on any atom is 0.139 e. The van der Waals surface area contributed by atoms with Gasteiger partial charge in [0.1, 0.15) is 18.0 Å². The van der Waals surface area contributed by atoms with Crippen LogP contribution in [0.5, 0.6) is 0 Å². The Hall–Kier alpha value is -0.670. The summed E-state index contributed by atoms with van der Waals surface area (Å²) in [5, 5.41) is 10.2. The Labute approximate surface area is 60.7 Å². The van der Waals surface area contributed by atoms with Crippen LogP contribution in [0.1, 0.15) is 13.3 Å². The Kier molecular flexibility index (Phi) is 4.80. The maximum absolute atomic E-state index is 10.5. The van der Waals surface area contributed by atoms with Gasteiger partial charge >= 0.3 is 0 Å². The van der Waals surface area contributed by atoms with Gasteiger partial charge in [0.05, 0.1) is 13.0 Å². The Morgan fingerprint density at radius 3 is 2.70 bits per heavy atom. The van der Waals surface area contributed by atoms with Crippen LogP contribution < -0.4 is 5.32 Å². The van der Waals surface area contributed by atoms with Crippen LogP contribution in [0.25, 0.3) is 0 Å². The van der Waals surface area contributed by atoms with Gasteiger partial charge in [-0.1, -0.05) is 0 Å². The number of allylic oxidation sites excluding steroid dienone is 1. The molecule has 0 rings (SSSR count). The number of aliphatic hydroxyl groups excluding tert-OH is 1. The van der Waals surface area contributed by atoms with E-state index >= 15 is 0 Å². The Bertz CT molecular complexity index is 132. The second-order valence-electron chi connectivity index (χ2n) is 2.25. The van der Waals surface area contributed by atoms with E-state index in [2.05, 4.69) is 6.58 Å². The van der Waals surface area contributed by atoms with Crippen molar-refractivity contribution in [3.63, 3.8) is 0 Å². The van der Waals surface area contributed by atoms with Gasteiger partial charge in [-0.2, -0.15) is 0 Å². The Balaban J connectivity index is 3.35. The molecule has 58 valence electrons. The minimum atomic E-state index is 0.110. The molecule has 10 heavy (non-hydrogen) atoms. The van der Waals surface area contributed by atoms with Gasteiger partial charge in [-0.05, 0) is 13.5 Å². The lowest BCUT2D eigenvalue weighted by Crippen LogP contribution is -2.82.